The Bertz CT molecular complexity index is 1170. The zero-order valence-corrected chi connectivity index (χ0v) is 21.2. The van der Waals surface area contributed by atoms with Crippen LogP contribution in [0.3, 0.4) is 0 Å². The van der Waals surface area contributed by atoms with E-state index < -0.39 is 0 Å². The predicted molar refractivity (Wildman–Crippen MR) is 143 cm³/mol. The van der Waals surface area contributed by atoms with Crippen LogP contribution in [0.15, 0.2) is 60.7 Å². The summed E-state index contributed by atoms with van der Waals surface area (Å²) in [4.78, 5) is 21.3. The number of carbonyl (C=O) groups excluding carboxylic acids is 1. The van der Waals surface area contributed by atoms with E-state index in [1.807, 2.05) is 30.3 Å². The molecule has 0 unspecified atom stereocenters. The Hall–Kier alpha value is -2.28. The molecule has 0 radical (unpaired) electrons. The number of hydrogen-bond acceptors (Lipinski definition) is 4. The number of aromatic nitrogens is 1. The van der Waals surface area contributed by atoms with Crippen LogP contribution >= 0.6 is 46.4 Å². The Kier molecular flexibility index (Phi) is 8.35. The highest BCUT2D eigenvalue weighted by molar-refractivity contribution is 6.33. The topological polar surface area (TPSA) is 48.5 Å². The van der Waals surface area contributed by atoms with E-state index >= 15 is 0 Å². The van der Waals surface area contributed by atoms with E-state index in [2.05, 4.69) is 32.3 Å². The maximum Gasteiger partial charge on any atom is 0.255 e. The Labute approximate surface area is 218 Å². The van der Waals surface area contributed by atoms with Gasteiger partial charge >= 0.3 is 0 Å². The van der Waals surface area contributed by atoms with Gasteiger partial charge in [0, 0.05) is 48.3 Å². The number of pyridine rings is 1. The van der Waals surface area contributed by atoms with Crippen LogP contribution in [0.25, 0.3) is 6.08 Å². The van der Waals surface area contributed by atoms with Crippen molar-refractivity contribution in [1.29, 1.82) is 0 Å². The van der Waals surface area contributed by atoms with Crippen LogP contribution < -0.4 is 10.2 Å². The molecule has 1 amide bonds. The quantitative estimate of drug-likeness (QED) is 0.353. The minimum absolute atomic E-state index is 0.162. The van der Waals surface area contributed by atoms with Gasteiger partial charge in [-0.3, -0.25) is 9.69 Å². The number of halogens is 4. The minimum atomic E-state index is -0.319. The number of carbonyl (C=O) groups is 1. The summed E-state index contributed by atoms with van der Waals surface area (Å²) in [6, 6.07) is 16.2. The molecule has 1 aromatic heterocycles. The second-order valence-electron chi connectivity index (χ2n) is 7.86. The maximum atomic E-state index is 12.8. The molecule has 1 aliphatic rings. The van der Waals surface area contributed by atoms with Gasteiger partial charge in [-0.1, -0.05) is 70.7 Å². The monoisotopic (exact) mass is 534 g/mol. The molecule has 3 aromatic rings. The van der Waals surface area contributed by atoms with Crippen molar-refractivity contribution in [3.63, 3.8) is 0 Å². The number of rotatable bonds is 6. The molecule has 0 atom stereocenters. The first-order chi connectivity index (χ1) is 16.4. The Morgan fingerprint density at radius 2 is 1.53 bits per heavy atom. The molecule has 0 bridgehead atoms. The SMILES string of the molecule is O=C(Nc1ccc(Cl)cc1N1CCN(CC=Cc2ccc(Cl)cc2)CC1)c1cc(Cl)nc(Cl)c1. The molecule has 4 rings (SSSR count). The highest BCUT2D eigenvalue weighted by Gasteiger charge is 2.20. The number of piperazine rings is 1. The molecule has 9 heteroatoms. The molecule has 1 N–H and O–H groups in total. The summed E-state index contributed by atoms with van der Waals surface area (Å²) < 4.78 is 0. The Morgan fingerprint density at radius 1 is 0.882 bits per heavy atom. The van der Waals surface area contributed by atoms with Crippen molar-refractivity contribution in [3.8, 4) is 0 Å². The van der Waals surface area contributed by atoms with Crippen molar-refractivity contribution in [2.24, 2.45) is 0 Å². The maximum absolute atomic E-state index is 12.8. The van der Waals surface area contributed by atoms with Crippen LogP contribution in [-0.2, 0) is 0 Å². The van der Waals surface area contributed by atoms with Crippen LogP contribution in [0.1, 0.15) is 15.9 Å². The first kappa shape index (κ1) is 24.8. The molecule has 0 aliphatic carbocycles. The van der Waals surface area contributed by atoms with E-state index in [4.69, 9.17) is 46.4 Å². The smallest absolute Gasteiger partial charge is 0.255 e. The fraction of sp³-hybridized carbons (Fsp3) is 0.200. The van der Waals surface area contributed by atoms with E-state index in [1.54, 1.807) is 12.1 Å². The lowest BCUT2D eigenvalue weighted by atomic mass is 10.2. The normalized spacial score (nSPS) is 14.5. The lowest BCUT2D eigenvalue weighted by Crippen LogP contribution is -2.46. The average Bonchev–Trinajstić information content (AvgIpc) is 2.81. The van der Waals surface area contributed by atoms with Gasteiger partial charge in [-0.05, 0) is 48.0 Å². The number of benzene rings is 2. The van der Waals surface area contributed by atoms with Gasteiger partial charge in [0.1, 0.15) is 10.3 Å². The summed E-state index contributed by atoms with van der Waals surface area (Å²) in [5, 5.41) is 4.62. The van der Waals surface area contributed by atoms with Gasteiger partial charge < -0.3 is 10.2 Å². The summed E-state index contributed by atoms with van der Waals surface area (Å²) in [7, 11) is 0. The third-order valence-electron chi connectivity index (χ3n) is 5.49. The van der Waals surface area contributed by atoms with Crippen LogP contribution in [0, 0.1) is 0 Å². The molecular weight excluding hydrogens is 514 g/mol. The zero-order valence-electron chi connectivity index (χ0n) is 18.1. The first-order valence-electron chi connectivity index (χ1n) is 10.7. The third-order valence-corrected chi connectivity index (χ3v) is 6.36. The van der Waals surface area contributed by atoms with Crippen molar-refractivity contribution in [3.05, 3.63) is 92.2 Å². The fourth-order valence-corrected chi connectivity index (χ4v) is 4.50. The molecule has 2 aromatic carbocycles. The molecule has 1 fully saturated rings. The number of nitrogens with zero attached hydrogens (tertiary/aromatic N) is 3. The lowest BCUT2D eigenvalue weighted by molar-refractivity contribution is 0.102. The number of amides is 1. The molecule has 1 aliphatic heterocycles. The predicted octanol–water partition coefficient (Wildman–Crippen LogP) is 6.78. The molecular formula is C25H22Cl4N4O. The zero-order chi connectivity index (χ0) is 24.1. The van der Waals surface area contributed by atoms with Gasteiger partial charge in [0.25, 0.3) is 5.91 Å². The number of anilines is 2. The first-order valence-corrected chi connectivity index (χ1v) is 12.2. The van der Waals surface area contributed by atoms with Crippen molar-refractivity contribution >= 4 is 69.8 Å². The van der Waals surface area contributed by atoms with Gasteiger partial charge in [0.05, 0.1) is 11.4 Å². The van der Waals surface area contributed by atoms with Gasteiger partial charge in [0.2, 0.25) is 0 Å². The van der Waals surface area contributed by atoms with Crippen molar-refractivity contribution in [1.82, 2.24) is 9.88 Å². The van der Waals surface area contributed by atoms with E-state index in [-0.39, 0.29) is 16.2 Å². The summed E-state index contributed by atoms with van der Waals surface area (Å²) >= 11 is 24.1. The molecule has 34 heavy (non-hydrogen) atoms. The number of hydrogen-bond donors (Lipinski definition) is 1. The van der Waals surface area contributed by atoms with Crippen LogP contribution in [0.4, 0.5) is 11.4 Å². The van der Waals surface area contributed by atoms with Crippen LogP contribution in [0.5, 0.6) is 0 Å². The van der Waals surface area contributed by atoms with Gasteiger partial charge in [0.15, 0.2) is 0 Å². The van der Waals surface area contributed by atoms with E-state index in [0.717, 1.165) is 49.0 Å². The second-order valence-corrected chi connectivity index (χ2v) is 9.51. The van der Waals surface area contributed by atoms with Crippen LogP contribution in [-0.4, -0.2) is 48.5 Å². The molecule has 2 heterocycles. The minimum Gasteiger partial charge on any atom is -0.367 e. The highest BCUT2D eigenvalue weighted by Crippen LogP contribution is 2.31. The standard InChI is InChI=1S/C25H22Cl4N4O/c26-19-5-3-17(4-6-19)2-1-9-32-10-12-33(13-11-32)22-16-20(27)7-8-21(22)30-25(34)18-14-23(28)31-24(29)15-18/h1-8,14-16H,9-13H2,(H,30,34). The molecule has 5 nitrogen and oxygen atoms in total. The Balaban J connectivity index is 1.39. The summed E-state index contributed by atoms with van der Waals surface area (Å²) in [5.74, 6) is -0.319. The second kappa shape index (κ2) is 11.4. The van der Waals surface area contributed by atoms with Gasteiger partial charge in [-0.25, -0.2) is 4.98 Å². The largest absolute Gasteiger partial charge is 0.367 e. The van der Waals surface area contributed by atoms with E-state index in [9.17, 15) is 4.79 Å². The Morgan fingerprint density at radius 3 is 2.21 bits per heavy atom. The van der Waals surface area contributed by atoms with Gasteiger partial charge in [-0.15, -0.1) is 0 Å². The van der Waals surface area contributed by atoms with Crippen molar-refractivity contribution in [2.75, 3.05) is 42.9 Å². The highest BCUT2D eigenvalue weighted by atomic mass is 35.5. The molecule has 1 saturated heterocycles. The van der Waals surface area contributed by atoms with Crippen LogP contribution in [0.2, 0.25) is 20.4 Å². The van der Waals surface area contributed by atoms with Gasteiger partial charge in [-0.2, -0.15) is 0 Å². The van der Waals surface area contributed by atoms with Crippen molar-refractivity contribution in [2.45, 2.75) is 0 Å². The fourth-order valence-electron chi connectivity index (χ4n) is 3.75. The molecule has 0 spiro atoms. The molecule has 0 saturated carbocycles. The van der Waals surface area contributed by atoms with E-state index in [0.29, 0.717) is 16.3 Å². The summed E-state index contributed by atoms with van der Waals surface area (Å²) in [6.45, 7) is 4.26. The summed E-state index contributed by atoms with van der Waals surface area (Å²) in [5.41, 5.74) is 3.01. The van der Waals surface area contributed by atoms with E-state index in [1.165, 1.54) is 12.1 Å². The lowest BCUT2D eigenvalue weighted by Gasteiger charge is -2.36. The average molecular weight is 536 g/mol. The molecule has 176 valence electrons. The number of nitrogens with one attached hydrogen (secondary N) is 1. The third kappa shape index (κ3) is 6.65. The summed E-state index contributed by atoms with van der Waals surface area (Å²) in [6.07, 6.45) is 4.26. The van der Waals surface area contributed by atoms with Crippen molar-refractivity contribution < 1.29 is 4.79 Å².